The second-order valence-corrected chi connectivity index (χ2v) is 11.8. The van der Waals surface area contributed by atoms with Crippen LogP contribution in [0, 0.1) is 5.41 Å². The maximum atomic E-state index is 13.4. The summed E-state index contributed by atoms with van der Waals surface area (Å²) in [7, 11) is 0. The molecule has 1 fully saturated rings. The van der Waals surface area contributed by atoms with Crippen LogP contribution in [0.2, 0.25) is 0 Å². The molecule has 2 aliphatic rings. The molecule has 2 atom stereocenters. The lowest BCUT2D eigenvalue weighted by molar-refractivity contribution is -0.0932. The summed E-state index contributed by atoms with van der Waals surface area (Å²) in [6.45, 7) is 13.4. The van der Waals surface area contributed by atoms with Gasteiger partial charge in [-0.25, -0.2) is 4.79 Å². The largest absolute Gasteiger partial charge is 0.379 e. The van der Waals surface area contributed by atoms with Crippen LogP contribution in [0.3, 0.4) is 0 Å². The lowest BCUT2D eigenvalue weighted by Crippen LogP contribution is -2.60. The van der Waals surface area contributed by atoms with Gasteiger partial charge in [0.25, 0.3) is 0 Å². The van der Waals surface area contributed by atoms with Crippen LogP contribution in [-0.4, -0.2) is 60.5 Å². The molecule has 2 aromatic carbocycles. The van der Waals surface area contributed by atoms with Gasteiger partial charge in [-0.1, -0.05) is 82.3 Å². The predicted molar refractivity (Wildman–Crippen MR) is 166 cm³/mol. The quantitative estimate of drug-likeness (QED) is 0.330. The molecule has 1 aliphatic carbocycles. The van der Waals surface area contributed by atoms with Gasteiger partial charge in [0.1, 0.15) is 5.60 Å². The summed E-state index contributed by atoms with van der Waals surface area (Å²) in [6, 6.07) is 15.8. The number of nitrogens with zero attached hydrogens (tertiary/aromatic N) is 2. The van der Waals surface area contributed by atoms with E-state index in [-0.39, 0.29) is 17.5 Å². The SMILES string of the molecule is CCCOC1(C(C)(C)C)C=CC=CC1NC(=O)Nc1ccc(-c2ccc(CN3CCOCC3)nc2)c2ccccc12. The number of allylic oxidation sites excluding steroid dienone is 2. The highest BCUT2D eigenvalue weighted by Gasteiger charge is 2.48. The van der Waals surface area contributed by atoms with E-state index in [2.05, 4.69) is 73.6 Å². The molecule has 2 amide bonds. The molecule has 7 nitrogen and oxygen atoms in total. The van der Waals surface area contributed by atoms with E-state index >= 15 is 0 Å². The third kappa shape index (κ3) is 6.38. The number of hydrogen-bond acceptors (Lipinski definition) is 5. The van der Waals surface area contributed by atoms with Crippen LogP contribution in [0.1, 0.15) is 39.8 Å². The van der Waals surface area contributed by atoms with Crippen LogP contribution in [-0.2, 0) is 16.0 Å². The van der Waals surface area contributed by atoms with E-state index in [0.29, 0.717) is 6.61 Å². The van der Waals surface area contributed by atoms with Crippen molar-refractivity contribution in [2.45, 2.75) is 52.3 Å². The van der Waals surface area contributed by atoms with Gasteiger partial charge in [0.2, 0.25) is 0 Å². The number of rotatable bonds is 8. The molecule has 2 unspecified atom stereocenters. The zero-order chi connectivity index (χ0) is 28.9. The predicted octanol–water partition coefficient (Wildman–Crippen LogP) is 6.56. The second-order valence-electron chi connectivity index (χ2n) is 11.8. The van der Waals surface area contributed by atoms with E-state index in [4.69, 9.17) is 14.5 Å². The fourth-order valence-corrected chi connectivity index (χ4v) is 5.74. The molecule has 0 radical (unpaired) electrons. The monoisotopic (exact) mass is 554 g/mol. The number of morpholine rings is 1. The summed E-state index contributed by atoms with van der Waals surface area (Å²) in [6.07, 6.45) is 10.9. The number of carbonyl (C=O) groups is 1. The highest BCUT2D eigenvalue weighted by molar-refractivity contribution is 6.07. The minimum absolute atomic E-state index is 0.235. The Morgan fingerprint density at radius 1 is 1.07 bits per heavy atom. The maximum Gasteiger partial charge on any atom is 0.319 e. The Balaban J connectivity index is 1.35. The smallest absolute Gasteiger partial charge is 0.319 e. The lowest BCUT2D eigenvalue weighted by Gasteiger charge is -2.48. The molecular formula is C34H42N4O3. The lowest BCUT2D eigenvalue weighted by atomic mass is 9.70. The van der Waals surface area contributed by atoms with E-state index in [9.17, 15) is 4.79 Å². The number of nitrogens with one attached hydrogen (secondary N) is 2. The first-order valence-electron chi connectivity index (χ1n) is 14.7. The van der Waals surface area contributed by atoms with Crippen molar-refractivity contribution >= 4 is 22.5 Å². The zero-order valence-corrected chi connectivity index (χ0v) is 24.7. The summed E-state index contributed by atoms with van der Waals surface area (Å²) in [4.78, 5) is 20.5. The van der Waals surface area contributed by atoms with Gasteiger partial charge in [-0.15, -0.1) is 0 Å². The molecule has 1 aliphatic heterocycles. The van der Waals surface area contributed by atoms with Gasteiger partial charge in [0.05, 0.1) is 30.6 Å². The van der Waals surface area contributed by atoms with Gasteiger partial charge >= 0.3 is 6.03 Å². The third-order valence-corrected chi connectivity index (χ3v) is 8.02. The van der Waals surface area contributed by atoms with Crippen LogP contribution in [0.4, 0.5) is 10.5 Å². The normalized spacial score (nSPS) is 21.2. The van der Waals surface area contributed by atoms with Crippen molar-refractivity contribution in [2.75, 3.05) is 38.2 Å². The number of amides is 2. The van der Waals surface area contributed by atoms with Crippen LogP contribution in [0.15, 0.2) is 79.0 Å². The molecule has 1 saturated heterocycles. The van der Waals surface area contributed by atoms with Gasteiger partial charge in [0.15, 0.2) is 0 Å². The third-order valence-electron chi connectivity index (χ3n) is 8.02. The average Bonchev–Trinajstić information content (AvgIpc) is 2.97. The van der Waals surface area contributed by atoms with Gasteiger partial charge in [-0.3, -0.25) is 9.88 Å². The van der Waals surface area contributed by atoms with Gasteiger partial charge in [-0.05, 0) is 41.0 Å². The first kappa shape index (κ1) is 29.0. The molecule has 7 heteroatoms. The van der Waals surface area contributed by atoms with E-state index in [1.165, 1.54) is 0 Å². The van der Waals surface area contributed by atoms with Crippen molar-refractivity contribution in [2.24, 2.45) is 5.41 Å². The van der Waals surface area contributed by atoms with Crippen LogP contribution < -0.4 is 10.6 Å². The molecule has 0 saturated carbocycles. The molecule has 3 aromatic rings. The maximum absolute atomic E-state index is 13.4. The molecule has 41 heavy (non-hydrogen) atoms. The van der Waals surface area contributed by atoms with Gasteiger partial charge < -0.3 is 20.1 Å². The summed E-state index contributed by atoms with van der Waals surface area (Å²) in [5.74, 6) is 0. The fourth-order valence-electron chi connectivity index (χ4n) is 5.74. The van der Waals surface area contributed by atoms with Gasteiger partial charge in [-0.2, -0.15) is 0 Å². The van der Waals surface area contributed by atoms with E-state index < -0.39 is 5.60 Å². The van der Waals surface area contributed by atoms with Crippen LogP contribution >= 0.6 is 0 Å². The molecule has 216 valence electrons. The summed E-state index contributed by atoms with van der Waals surface area (Å²) >= 11 is 0. The Morgan fingerprint density at radius 3 is 2.56 bits per heavy atom. The standard InChI is InChI=1S/C34H42N4O3/c1-5-20-41-34(33(2,3)4)17-9-8-12-31(34)37-32(39)36-30-16-15-27(28-10-6-7-11-29(28)30)25-13-14-26(35-23-25)24-38-18-21-40-22-19-38/h6-17,23,31H,5,18-22,24H2,1-4H3,(H2,36,37,39). The minimum Gasteiger partial charge on any atom is -0.379 e. The van der Waals surface area contributed by atoms with E-state index in [0.717, 1.165) is 72.5 Å². The molecule has 2 N–H and O–H groups in total. The Morgan fingerprint density at radius 2 is 1.85 bits per heavy atom. The number of pyridine rings is 1. The first-order valence-corrected chi connectivity index (χ1v) is 14.7. The molecule has 5 rings (SSSR count). The van der Waals surface area contributed by atoms with Crippen LogP contribution in [0.5, 0.6) is 0 Å². The van der Waals surface area contributed by atoms with Gasteiger partial charge in [0, 0.05) is 43.4 Å². The van der Waals surface area contributed by atoms with Crippen molar-refractivity contribution in [3.63, 3.8) is 0 Å². The highest BCUT2D eigenvalue weighted by Crippen LogP contribution is 2.40. The Kier molecular flexibility index (Phi) is 8.88. The molecule has 0 bridgehead atoms. The highest BCUT2D eigenvalue weighted by atomic mass is 16.5. The minimum atomic E-state index is -0.651. The number of hydrogen-bond donors (Lipinski definition) is 2. The number of anilines is 1. The summed E-state index contributed by atoms with van der Waals surface area (Å²) in [5, 5.41) is 8.34. The van der Waals surface area contributed by atoms with E-state index in [1.54, 1.807) is 0 Å². The number of carbonyl (C=O) groups excluding carboxylic acids is 1. The number of fused-ring (bicyclic) bond motifs is 1. The van der Waals surface area contributed by atoms with Crippen molar-refractivity contribution in [1.29, 1.82) is 0 Å². The van der Waals surface area contributed by atoms with Crippen LogP contribution in [0.25, 0.3) is 21.9 Å². The molecule has 1 aromatic heterocycles. The summed E-state index contributed by atoms with van der Waals surface area (Å²) < 4.78 is 11.9. The van der Waals surface area contributed by atoms with E-state index in [1.807, 2.05) is 48.7 Å². The second kappa shape index (κ2) is 12.6. The van der Waals surface area contributed by atoms with Crippen molar-refractivity contribution < 1.29 is 14.3 Å². The fraction of sp³-hybridized carbons (Fsp3) is 0.412. The topological polar surface area (TPSA) is 75.7 Å². The number of ether oxygens (including phenoxy) is 2. The number of benzene rings is 2. The molecule has 0 spiro atoms. The molecular weight excluding hydrogens is 512 g/mol. The van der Waals surface area contributed by atoms with Crippen molar-refractivity contribution in [1.82, 2.24) is 15.2 Å². The number of urea groups is 1. The first-order chi connectivity index (χ1) is 19.8. The summed E-state index contributed by atoms with van der Waals surface area (Å²) in [5.41, 5.74) is 3.05. The average molecular weight is 555 g/mol. The Bertz CT molecular complexity index is 1400. The van der Waals surface area contributed by atoms with Crippen molar-refractivity contribution in [3.05, 3.63) is 84.7 Å². The zero-order valence-electron chi connectivity index (χ0n) is 24.7. The number of aromatic nitrogens is 1. The Labute approximate surface area is 243 Å². The molecule has 2 heterocycles. The Hall–Kier alpha value is -3.52. The van der Waals surface area contributed by atoms with Crippen molar-refractivity contribution in [3.8, 4) is 11.1 Å².